The van der Waals surface area contributed by atoms with Gasteiger partial charge in [-0.15, -0.1) is 0 Å². The lowest BCUT2D eigenvalue weighted by Gasteiger charge is -2.32. The van der Waals surface area contributed by atoms with Gasteiger partial charge in [-0.25, -0.2) is 14.2 Å². The molecule has 0 saturated carbocycles. The van der Waals surface area contributed by atoms with Crippen molar-refractivity contribution in [2.24, 2.45) is 13.0 Å². The van der Waals surface area contributed by atoms with E-state index in [0.717, 1.165) is 36.8 Å². The molecule has 1 saturated heterocycles. The fraction of sp³-hybridized carbons (Fsp3) is 0.308. The third-order valence-corrected chi connectivity index (χ3v) is 6.55. The first-order valence-corrected chi connectivity index (χ1v) is 11.4. The van der Waals surface area contributed by atoms with Crippen LogP contribution >= 0.6 is 0 Å². The zero-order chi connectivity index (χ0) is 24.0. The van der Waals surface area contributed by atoms with E-state index in [2.05, 4.69) is 21.8 Å². The minimum absolute atomic E-state index is 0.0632. The van der Waals surface area contributed by atoms with Crippen molar-refractivity contribution in [3.63, 3.8) is 0 Å². The SMILES string of the molecule is [C-]#[N+]c1ccc(-c2nc(N3CCC(C)CC3)c(C)c(=O)n2-c2ccc3nn(C)cc3c2)cc1F. The van der Waals surface area contributed by atoms with Crippen LogP contribution in [0, 0.1) is 25.2 Å². The van der Waals surface area contributed by atoms with Crippen molar-refractivity contribution in [2.75, 3.05) is 18.0 Å². The van der Waals surface area contributed by atoms with Crippen molar-refractivity contribution in [3.8, 4) is 17.1 Å². The van der Waals surface area contributed by atoms with Crippen LogP contribution in [0.2, 0.25) is 0 Å². The maximum absolute atomic E-state index is 14.6. The highest BCUT2D eigenvalue weighted by atomic mass is 19.1. The standard InChI is InChI=1S/C26H25FN6O/c1-16-9-11-32(12-10-16)24-17(2)26(34)33(20-6-8-22-19(13-20)15-31(4)30-22)25(29-24)18-5-7-23(28-3)21(27)14-18/h5-8,13-16H,9-12H2,1-2,4H3. The predicted molar refractivity (Wildman–Crippen MR) is 131 cm³/mol. The quantitative estimate of drug-likeness (QED) is 0.406. The molecule has 34 heavy (non-hydrogen) atoms. The highest BCUT2D eigenvalue weighted by molar-refractivity contribution is 5.81. The molecule has 0 bridgehead atoms. The van der Waals surface area contributed by atoms with E-state index in [1.807, 2.05) is 31.4 Å². The Morgan fingerprint density at radius 1 is 1.15 bits per heavy atom. The Morgan fingerprint density at radius 2 is 1.91 bits per heavy atom. The molecular weight excluding hydrogens is 431 g/mol. The van der Waals surface area contributed by atoms with Crippen molar-refractivity contribution < 1.29 is 4.39 Å². The van der Waals surface area contributed by atoms with E-state index < -0.39 is 5.82 Å². The van der Waals surface area contributed by atoms with Crippen LogP contribution in [0.4, 0.5) is 15.9 Å². The summed E-state index contributed by atoms with van der Waals surface area (Å²) in [5, 5.41) is 5.30. The van der Waals surface area contributed by atoms with Gasteiger partial charge in [-0.1, -0.05) is 19.1 Å². The summed E-state index contributed by atoms with van der Waals surface area (Å²) in [7, 11) is 1.85. The second-order valence-corrected chi connectivity index (χ2v) is 9.02. The third kappa shape index (κ3) is 3.73. The first-order valence-electron chi connectivity index (χ1n) is 11.4. The summed E-state index contributed by atoms with van der Waals surface area (Å²) in [5.41, 5.74) is 2.19. The number of aromatic nitrogens is 4. The molecule has 0 amide bonds. The molecule has 1 fully saturated rings. The van der Waals surface area contributed by atoms with Crippen LogP contribution in [0.15, 0.2) is 47.4 Å². The van der Waals surface area contributed by atoms with E-state index in [0.29, 0.717) is 34.4 Å². The fourth-order valence-electron chi connectivity index (χ4n) is 4.57. The molecule has 7 nitrogen and oxygen atoms in total. The van der Waals surface area contributed by atoms with Gasteiger partial charge in [0.05, 0.1) is 23.3 Å². The first-order chi connectivity index (χ1) is 16.4. The topological polar surface area (TPSA) is 60.3 Å². The van der Waals surface area contributed by atoms with Gasteiger partial charge in [0.15, 0.2) is 0 Å². The molecule has 1 aliphatic heterocycles. The summed E-state index contributed by atoms with van der Waals surface area (Å²) >= 11 is 0. The molecule has 1 aliphatic rings. The second kappa shape index (κ2) is 8.41. The maximum Gasteiger partial charge on any atom is 0.263 e. The van der Waals surface area contributed by atoms with Crippen molar-refractivity contribution >= 4 is 22.4 Å². The molecule has 172 valence electrons. The highest BCUT2D eigenvalue weighted by Gasteiger charge is 2.24. The summed E-state index contributed by atoms with van der Waals surface area (Å²) in [4.78, 5) is 24.1. The van der Waals surface area contributed by atoms with Gasteiger partial charge in [0.2, 0.25) is 5.69 Å². The number of nitrogens with zero attached hydrogens (tertiary/aromatic N) is 6. The average molecular weight is 457 g/mol. The predicted octanol–water partition coefficient (Wildman–Crippen LogP) is 5.02. The van der Waals surface area contributed by atoms with Gasteiger partial charge in [-0.3, -0.25) is 14.0 Å². The fourth-order valence-corrected chi connectivity index (χ4v) is 4.57. The Hall–Kier alpha value is -3.99. The van der Waals surface area contributed by atoms with Crippen LogP contribution in [0.1, 0.15) is 25.3 Å². The minimum Gasteiger partial charge on any atom is -0.356 e. The van der Waals surface area contributed by atoms with Gasteiger partial charge >= 0.3 is 0 Å². The number of aryl methyl sites for hydroxylation is 1. The van der Waals surface area contributed by atoms with Gasteiger partial charge in [0.25, 0.3) is 5.56 Å². The van der Waals surface area contributed by atoms with Crippen molar-refractivity contribution in [2.45, 2.75) is 26.7 Å². The molecule has 0 unspecified atom stereocenters. The summed E-state index contributed by atoms with van der Waals surface area (Å²) < 4.78 is 17.9. The van der Waals surface area contributed by atoms with Gasteiger partial charge in [-0.2, -0.15) is 5.10 Å². The molecule has 0 aliphatic carbocycles. The molecule has 2 aromatic carbocycles. The molecule has 4 aromatic rings. The number of halogens is 1. The number of piperidine rings is 1. The van der Waals surface area contributed by atoms with E-state index in [9.17, 15) is 9.18 Å². The first kappa shape index (κ1) is 21.8. The number of benzene rings is 2. The van der Waals surface area contributed by atoms with Gasteiger partial charge < -0.3 is 4.90 Å². The zero-order valence-corrected chi connectivity index (χ0v) is 19.4. The van der Waals surface area contributed by atoms with Crippen molar-refractivity contribution in [1.82, 2.24) is 19.3 Å². The Bertz CT molecular complexity index is 1500. The molecule has 2 aromatic heterocycles. The van der Waals surface area contributed by atoms with Crippen molar-refractivity contribution in [1.29, 1.82) is 0 Å². The molecule has 0 radical (unpaired) electrons. The van der Waals surface area contributed by atoms with Crippen LogP contribution in [0.25, 0.3) is 32.8 Å². The van der Waals surface area contributed by atoms with Crippen LogP contribution in [-0.2, 0) is 7.05 Å². The normalized spacial score (nSPS) is 14.5. The lowest BCUT2D eigenvalue weighted by Crippen LogP contribution is -2.36. The van der Waals surface area contributed by atoms with Gasteiger partial charge in [-0.05, 0) is 49.9 Å². The molecule has 3 heterocycles. The molecule has 0 N–H and O–H groups in total. The van der Waals surface area contributed by atoms with E-state index in [1.54, 1.807) is 17.7 Å². The molecule has 0 spiro atoms. The summed E-state index contributed by atoms with van der Waals surface area (Å²) in [6.45, 7) is 12.8. The number of hydrogen-bond donors (Lipinski definition) is 0. The van der Waals surface area contributed by atoms with Crippen LogP contribution in [0.3, 0.4) is 0 Å². The van der Waals surface area contributed by atoms with Crippen LogP contribution in [-0.4, -0.2) is 32.4 Å². The van der Waals surface area contributed by atoms with Crippen LogP contribution in [0.5, 0.6) is 0 Å². The zero-order valence-electron chi connectivity index (χ0n) is 19.4. The summed E-state index contributed by atoms with van der Waals surface area (Å²) in [6.07, 6.45) is 3.95. The Kier molecular flexibility index (Phi) is 5.40. The Balaban J connectivity index is 1.75. The Morgan fingerprint density at radius 3 is 2.62 bits per heavy atom. The van der Waals surface area contributed by atoms with E-state index in [1.165, 1.54) is 16.7 Å². The highest BCUT2D eigenvalue weighted by Crippen LogP contribution is 2.30. The molecule has 0 atom stereocenters. The third-order valence-electron chi connectivity index (χ3n) is 6.55. The van der Waals surface area contributed by atoms with Gasteiger partial charge in [0, 0.05) is 37.3 Å². The molecule has 5 rings (SSSR count). The lowest BCUT2D eigenvalue weighted by atomic mass is 9.99. The smallest absolute Gasteiger partial charge is 0.263 e. The van der Waals surface area contributed by atoms with Gasteiger partial charge in [0.1, 0.15) is 17.5 Å². The van der Waals surface area contributed by atoms with E-state index >= 15 is 0 Å². The van der Waals surface area contributed by atoms with E-state index in [4.69, 9.17) is 11.6 Å². The number of anilines is 1. The lowest BCUT2D eigenvalue weighted by molar-refractivity contribution is 0.436. The maximum atomic E-state index is 14.6. The minimum atomic E-state index is -0.634. The largest absolute Gasteiger partial charge is 0.356 e. The monoisotopic (exact) mass is 456 g/mol. The molecular formula is C26H25FN6O. The Labute approximate surface area is 196 Å². The summed E-state index contributed by atoms with van der Waals surface area (Å²) in [6, 6.07) is 9.94. The van der Waals surface area contributed by atoms with E-state index in [-0.39, 0.29) is 11.2 Å². The van der Waals surface area contributed by atoms with Crippen LogP contribution < -0.4 is 10.5 Å². The van der Waals surface area contributed by atoms with Crippen molar-refractivity contribution in [3.05, 3.63) is 75.7 Å². The molecule has 8 heteroatoms. The average Bonchev–Trinajstić information content (AvgIpc) is 3.20. The summed E-state index contributed by atoms with van der Waals surface area (Å²) in [5.74, 6) is 0.992. The number of hydrogen-bond acceptors (Lipinski definition) is 4. The number of fused-ring (bicyclic) bond motifs is 1. The number of rotatable bonds is 3. The second-order valence-electron chi connectivity index (χ2n) is 9.02.